The molecule has 2 saturated heterocycles. The number of nitrogens with one attached hydrogen (secondary N) is 1. The molecule has 282 valence electrons. The molecule has 3 aliphatic heterocycles. The highest BCUT2D eigenvalue weighted by atomic mass is 35.5. The number of hydrogen-bond donors (Lipinski definition) is 3. The van der Waals surface area contributed by atoms with Gasteiger partial charge in [0.15, 0.2) is 5.72 Å². The fraction of sp³-hybridized carbons (Fsp3) is 0.611. The Balaban J connectivity index is 1.73. The smallest absolute Gasteiger partial charge is 0.409 e. The second kappa shape index (κ2) is 16.6. The first kappa shape index (κ1) is 40.5. The van der Waals surface area contributed by atoms with E-state index in [1.54, 1.807) is 58.2 Å². The first-order valence-corrected chi connectivity index (χ1v) is 17.9. The van der Waals surface area contributed by atoms with Crippen LogP contribution in [0.5, 0.6) is 5.75 Å². The van der Waals surface area contributed by atoms with E-state index in [2.05, 4.69) is 17.9 Å². The highest BCUT2D eigenvalue weighted by Crippen LogP contribution is 2.49. The summed E-state index contributed by atoms with van der Waals surface area (Å²) in [6.45, 7) is 6.95. The molecule has 2 N–H and O–H groups in total. The topological polar surface area (TPSA) is 156 Å². The minimum absolute atomic E-state index is 0.00726. The van der Waals surface area contributed by atoms with Crippen LogP contribution in [0.15, 0.2) is 36.4 Å². The second-order valence-electron chi connectivity index (χ2n) is 13.7. The van der Waals surface area contributed by atoms with E-state index in [1.807, 2.05) is 13.0 Å². The second-order valence-corrected chi connectivity index (χ2v) is 15.0. The number of halogens is 1. The molecule has 0 aromatic heterocycles. The Labute approximate surface area is 310 Å². The van der Waals surface area contributed by atoms with Crippen molar-refractivity contribution in [1.82, 2.24) is 10.2 Å². The summed E-state index contributed by atoms with van der Waals surface area (Å²) in [7, 11) is 6.00. The first-order valence-electron chi connectivity index (χ1n) is 17.0. The maximum absolute atomic E-state index is 14.0. The zero-order valence-corrected chi connectivity index (χ0v) is 32.0. The van der Waals surface area contributed by atoms with Crippen molar-refractivity contribution < 1.29 is 48.0 Å². The molecule has 2 fully saturated rings. The lowest BCUT2D eigenvalue weighted by Gasteiger charge is -2.42. The van der Waals surface area contributed by atoms with E-state index in [9.17, 15) is 24.3 Å². The monoisotopic (exact) mass is 751 g/mol. The van der Waals surface area contributed by atoms with Crippen LogP contribution in [0.4, 0.5) is 10.5 Å². The molecule has 3 heterocycles. The summed E-state index contributed by atoms with van der Waals surface area (Å²) in [6.07, 6.45) is 3.40. The van der Waals surface area contributed by atoms with Crippen molar-refractivity contribution in [2.75, 3.05) is 33.2 Å². The van der Waals surface area contributed by atoms with Crippen molar-refractivity contribution in [3.8, 4) is 5.75 Å². The summed E-state index contributed by atoms with van der Waals surface area (Å²) >= 11 is 11.1. The summed E-state index contributed by atoms with van der Waals surface area (Å²) < 4.78 is 29.0. The van der Waals surface area contributed by atoms with E-state index in [-0.39, 0.29) is 35.4 Å². The van der Waals surface area contributed by atoms with Gasteiger partial charge in [-0.15, -0.1) is 0 Å². The molecule has 0 aliphatic carbocycles. The number of aliphatic hydroxyl groups is 1. The van der Waals surface area contributed by atoms with Crippen molar-refractivity contribution in [3.05, 3.63) is 47.0 Å². The number of amides is 3. The van der Waals surface area contributed by atoms with E-state index in [0.29, 0.717) is 24.3 Å². The van der Waals surface area contributed by atoms with Crippen molar-refractivity contribution in [2.24, 2.45) is 5.92 Å². The number of anilines is 1. The van der Waals surface area contributed by atoms with E-state index in [0.717, 1.165) is 5.56 Å². The number of benzene rings is 1. The van der Waals surface area contributed by atoms with Crippen molar-refractivity contribution >= 4 is 53.8 Å². The molecule has 1 aromatic rings. The number of nitrogens with zero attached hydrogens (tertiary/aromatic N) is 2. The number of ether oxygens (including phenoxy) is 5. The average molecular weight is 752 g/mol. The van der Waals surface area contributed by atoms with Gasteiger partial charge in [0, 0.05) is 40.0 Å². The van der Waals surface area contributed by atoms with Gasteiger partial charge in [-0.2, -0.15) is 12.6 Å². The third-order valence-corrected chi connectivity index (χ3v) is 10.7. The van der Waals surface area contributed by atoms with Gasteiger partial charge in [-0.1, -0.05) is 49.8 Å². The number of likely N-dealkylation sites (N-methyl/N-ethyl adjacent to an activating group) is 1. The van der Waals surface area contributed by atoms with Gasteiger partial charge in [0.05, 0.1) is 25.3 Å². The number of carbonyl (C=O) groups is 4. The molecule has 0 radical (unpaired) electrons. The van der Waals surface area contributed by atoms with Crippen LogP contribution >= 0.6 is 24.2 Å². The Morgan fingerprint density at radius 2 is 1.94 bits per heavy atom. The van der Waals surface area contributed by atoms with Crippen LogP contribution in [-0.2, 0) is 39.8 Å². The minimum Gasteiger partial charge on any atom is -0.495 e. The maximum atomic E-state index is 14.0. The summed E-state index contributed by atoms with van der Waals surface area (Å²) in [5.41, 5.74) is -1.85. The molecule has 15 heteroatoms. The molecule has 0 saturated carbocycles. The Kier molecular flexibility index (Phi) is 13.2. The van der Waals surface area contributed by atoms with E-state index >= 15 is 0 Å². The quantitative estimate of drug-likeness (QED) is 0.200. The third-order valence-electron chi connectivity index (χ3n) is 10.0. The van der Waals surface area contributed by atoms with E-state index in [1.165, 1.54) is 31.1 Å². The number of alkyl carbamates (subject to hydrolysis) is 1. The van der Waals surface area contributed by atoms with Crippen molar-refractivity contribution in [3.63, 3.8) is 0 Å². The Bertz CT molecular complexity index is 1540. The van der Waals surface area contributed by atoms with Crippen LogP contribution in [0.3, 0.4) is 0 Å². The van der Waals surface area contributed by atoms with Gasteiger partial charge in [0.25, 0.3) is 0 Å². The Morgan fingerprint density at radius 1 is 1.24 bits per heavy atom. The highest BCUT2D eigenvalue weighted by molar-refractivity contribution is 7.80. The number of esters is 1. The zero-order valence-electron chi connectivity index (χ0n) is 30.4. The summed E-state index contributed by atoms with van der Waals surface area (Å²) in [5, 5.41) is 14.4. The van der Waals surface area contributed by atoms with Crippen molar-refractivity contribution in [2.45, 2.75) is 107 Å². The fourth-order valence-corrected chi connectivity index (χ4v) is 6.93. The lowest BCUT2D eigenvalue weighted by atomic mass is 9.83. The van der Waals surface area contributed by atoms with Crippen LogP contribution < -0.4 is 15.0 Å². The molecule has 1 aromatic carbocycles. The Morgan fingerprint density at radius 3 is 2.59 bits per heavy atom. The van der Waals surface area contributed by atoms with E-state index in [4.69, 9.17) is 35.3 Å². The molecule has 4 bridgehead atoms. The molecule has 9 atom stereocenters. The number of epoxide rings is 1. The van der Waals surface area contributed by atoms with Crippen LogP contribution in [0.2, 0.25) is 5.02 Å². The molecule has 13 nitrogen and oxygen atoms in total. The van der Waals surface area contributed by atoms with Crippen LogP contribution in [0.1, 0.15) is 58.9 Å². The highest BCUT2D eigenvalue weighted by Gasteiger charge is 2.64. The van der Waals surface area contributed by atoms with Crippen LogP contribution in [0.25, 0.3) is 0 Å². The van der Waals surface area contributed by atoms with Crippen LogP contribution in [-0.4, -0.2) is 109 Å². The lowest BCUT2D eigenvalue weighted by Crippen LogP contribution is -2.63. The molecule has 3 amide bonds. The number of rotatable bonds is 8. The van der Waals surface area contributed by atoms with Gasteiger partial charge in [0.2, 0.25) is 11.8 Å². The van der Waals surface area contributed by atoms with Crippen LogP contribution in [0, 0.1) is 5.92 Å². The van der Waals surface area contributed by atoms with Gasteiger partial charge in [-0.25, -0.2) is 9.59 Å². The molecule has 9 unspecified atom stereocenters. The van der Waals surface area contributed by atoms with Gasteiger partial charge in [0.1, 0.15) is 40.7 Å². The number of hydrogen-bond acceptors (Lipinski definition) is 11. The SMILES string of the molecule is COc1cc2cc(c1Cl)N(C)C(=O)CC(OC(=O)C(C)N(C)C(=O)CCC(C)S)C1(C)OC1C(C)C1CC(O)(NC(=O)O1)C(OC)/C=C/C=C/C2. The largest absolute Gasteiger partial charge is 0.495 e. The number of allylic oxidation sites excluding steroid dienone is 3. The fourth-order valence-electron chi connectivity index (χ4n) is 6.49. The molecule has 0 spiro atoms. The predicted octanol–water partition coefficient (Wildman–Crippen LogP) is 4.22. The standard InChI is InChI=1S/C36H50ClN3O10S/c1-20(51)14-15-29(41)39(5)22(3)33(43)49-28-18-30(42)40(6)24-16-23(17-25(46-7)31(24)37)12-10-9-11-13-27(47-8)36(45)19-26(48-34(44)38-36)21(2)32-35(28,4)50-32/h9-11,13,16-17,20-22,26-28,32,45,51H,12,14-15,18-19H2,1-8H3,(H,38,44)/b10-9+,13-11+. The normalized spacial score (nSPS) is 32.0. The maximum Gasteiger partial charge on any atom is 0.409 e. The van der Waals surface area contributed by atoms with E-state index < -0.39 is 65.7 Å². The summed E-state index contributed by atoms with van der Waals surface area (Å²) in [4.78, 5) is 56.0. The third kappa shape index (κ3) is 9.20. The number of carbonyl (C=O) groups excluding carboxylic acids is 4. The summed E-state index contributed by atoms with van der Waals surface area (Å²) in [6, 6.07) is 2.57. The number of methoxy groups -OCH3 is 2. The molecule has 4 rings (SSSR count). The average Bonchev–Trinajstić information content (AvgIpc) is 3.78. The number of thiol groups is 1. The molecule has 51 heavy (non-hydrogen) atoms. The molecule has 3 aliphatic rings. The van der Waals surface area contributed by atoms with Gasteiger partial charge < -0.3 is 38.6 Å². The first-order chi connectivity index (χ1) is 23.9. The van der Waals surface area contributed by atoms with Gasteiger partial charge in [-0.3, -0.25) is 14.9 Å². The lowest BCUT2D eigenvalue weighted by molar-refractivity contribution is -0.162. The summed E-state index contributed by atoms with van der Waals surface area (Å²) in [5.74, 6) is -1.56. The number of fused-ring (bicyclic) bond motifs is 5. The van der Waals surface area contributed by atoms with Crippen molar-refractivity contribution in [1.29, 1.82) is 0 Å². The van der Waals surface area contributed by atoms with Gasteiger partial charge in [-0.05, 0) is 49.6 Å². The predicted molar refractivity (Wildman–Crippen MR) is 194 cm³/mol. The van der Waals surface area contributed by atoms with Gasteiger partial charge >= 0.3 is 12.1 Å². The Hall–Kier alpha value is -3.30. The zero-order chi connectivity index (χ0) is 37.8. The minimum atomic E-state index is -1.82. The molecular formula is C36H50ClN3O10S. The molecular weight excluding hydrogens is 702 g/mol.